The van der Waals surface area contributed by atoms with E-state index in [1.807, 2.05) is 11.3 Å². The maximum Gasteiger partial charge on any atom is 0.0635 e. The van der Waals surface area contributed by atoms with E-state index in [1.54, 1.807) is 0 Å². The molecule has 2 aromatic rings. The second kappa shape index (κ2) is 6.88. The van der Waals surface area contributed by atoms with Crippen molar-refractivity contribution in [1.82, 2.24) is 10.2 Å². The Kier molecular flexibility index (Phi) is 4.91. The number of ether oxygens (including phenoxy) is 1. The number of benzene rings is 1. The normalized spacial score (nSPS) is 21.0. The molecule has 1 aliphatic rings. The summed E-state index contributed by atoms with van der Waals surface area (Å²) in [6.45, 7) is 2.63. The van der Waals surface area contributed by atoms with Crippen LogP contribution in [0.15, 0.2) is 29.6 Å². The fourth-order valence-corrected chi connectivity index (χ4v) is 4.18. The van der Waals surface area contributed by atoms with E-state index in [4.69, 9.17) is 4.74 Å². The Hall–Kier alpha value is -0.940. The molecule has 1 fully saturated rings. The third-order valence-electron chi connectivity index (χ3n) is 4.35. The molecule has 3 nitrogen and oxygen atoms in total. The predicted molar refractivity (Wildman–Crippen MR) is 90.2 cm³/mol. The van der Waals surface area contributed by atoms with Gasteiger partial charge in [0.1, 0.15) is 0 Å². The summed E-state index contributed by atoms with van der Waals surface area (Å²) < 4.78 is 7.03. The SMILES string of the molecule is CN(C)C(CCc1csc2ccccc12)C1COCCN1. The monoisotopic (exact) mass is 304 g/mol. The number of nitrogens with one attached hydrogen (secondary N) is 1. The molecule has 1 aromatic carbocycles. The molecule has 1 N–H and O–H groups in total. The van der Waals surface area contributed by atoms with E-state index in [0.29, 0.717) is 12.1 Å². The van der Waals surface area contributed by atoms with E-state index in [-0.39, 0.29) is 0 Å². The molecule has 1 aliphatic heterocycles. The van der Waals surface area contributed by atoms with Gasteiger partial charge in [0, 0.05) is 23.3 Å². The number of fused-ring (bicyclic) bond motifs is 1. The molecule has 0 saturated carbocycles. The minimum atomic E-state index is 0.443. The highest BCUT2D eigenvalue weighted by Gasteiger charge is 2.25. The van der Waals surface area contributed by atoms with Crippen molar-refractivity contribution in [3.63, 3.8) is 0 Å². The molecule has 2 heterocycles. The molecule has 3 rings (SSSR count). The lowest BCUT2D eigenvalue weighted by Crippen LogP contribution is -2.53. The zero-order chi connectivity index (χ0) is 14.7. The van der Waals surface area contributed by atoms with Crippen molar-refractivity contribution in [2.45, 2.75) is 24.9 Å². The molecule has 0 radical (unpaired) electrons. The number of morpholine rings is 1. The van der Waals surface area contributed by atoms with Crippen LogP contribution in [0.4, 0.5) is 0 Å². The fourth-order valence-electron chi connectivity index (χ4n) is 3.18. The first-order chi connectivity index (χ1) is 10.3. The van der Waals surface area contributed by atoms with Gasteiger partial charge in [0.2, 0.25) is 0 Å². The van der Waals surface area contributed by atoms with Gasteiger partial charge in [-0.2, -0.15) is 0 Å². The number of hydrogen-bond acceptors (Lipinski definition) is 4. The first kappa shape index (κ1) is 15.0. The van der Waals surface area contributed by atoms with Crippen LogP contribution >= 0.6 is 11.3 Å². The topological polar surface area (TPSA) is 24.5 Å². The van der Waals surface area contributed by atoms with Gasteiger partial charge < -0.3 is 15.0 Å². The van der Waals surface area contributed by atoms with E-state index in [2.05, 4.69) is 54.0 Å². The van der Waals surface area contributed by atoms with Gasteiger partial charge in [0.25, 0.3) is 0 Å². The molecule has 2 unspecified atom stereocenters. The van der Waals surface area contributed by atoms with Gasteiger partial charge in [-0.15, -0.1) is 11.3 Å². The maximum atomic E-state index is 5.63. The van der Waals surface area contributed by atoms with E-state index < -0.39 is 0 Å². The van der Waals surface area contributed by atoms with Crippen molar-refractivity contribution in [2.24, 2.45) is 0 Å². The third kappa shape index (κ3) is 3.46. The number of aryl methyl sites for hydroxylation is 1. The standard InChI is InChI=1S/C17H24N2OS/c1-19(2)16(15-11-20-10-9-18-15)8-7-13-12-21-17-6-4-3-5-14(13)17/h3-6,12,15-16,18H,7-11H2,1-2H3. The van der Waals surface area contributed by atoms with Crippen LogP contribution in [-0.4, -0.2) is 50.8 Å². The molecule has 0 amide bonds. The summed E-state index contributed by atoms with van der Waals surface area (Å²) in [5.41, 5.74) is 1.49. The minimum absolute atomic E-state index is 0.443. The summed E-state index contributed by atoms with van der Waals surface area (Å²) >= 11 is 1.86. The Labute approximate surface area is 130 Å². The summed E-state index contributed by atoms with van der Waals surface area (Å²) in [4.78, 5) is 2.33. The first-order valence-electron chi connectivity index (χ1n) is 7.68. The van der Waals surface area contributed by atoms with Gasteiger partial charge in [-0.3, -0.25) is 0 Å². The fraction of sp³-hybridized carbons (Fsp3) is 0.529. The zero-order valence-electron chi connectivity index (χ0n) is 12.8. The molecule has 114 valence electrons. The van der Waals surface area contributed by atoms with Crippen LogP contribution in [0.2, 0.25) is 0 Å². The summed E-state index contributed by atoms with van der Waals surface area (Å²) in [5.74, 6) is 0. The highest BCUT2D eigenvalue weighted by atomic mass is 32.1. The lowest BCUT2D eigenvalue weighted by atomic mass is 9.98. The van der Waals surface area contributed by atoms with Crippen LogP contribution in [-0.2, 0) is 11.2 Å². The third-order valence-corrected chi connectivity index (χ3v) is 5.36. The van der Waals surface area contributed by atoms with Crippen molar-refractivity contribution in [3.05, 3.63) is 35.2 Å². The van der Waals surface area contributed by atoms with Gasteiger partial charge in [-0.05, 0) is 49.3 Å². The average Bonchev–Trinajstić information content (AvgIpc) is 2.92. The Morgan fingerprint density at radius 3 is 3.00 bits per heavy atom. The maximum absolute atomic E-state index is 5.63. The number of likely N-dealkylation sites (N-methyl/N-ethyl adjacent to an activating group) is 1. The highest BCUT2D eigenvalue weighted by molar-refractivity contribution is 7.17. The Balaban J connectivity index is 1.69. The van der Waals surface area contributed by atoms with Gasteiger partial charge in [-0.25, -0.2) is 0 Å². The summed E-state index contributed by atoms with van der Waals surface area (Å²) in [7, 11) is 4.35. The van der Waals surface area contributed by atoms with E-state index in [1.165, 1.54) is 15.6 Å². The van der Waals surface area contributed by atoms with Crippen molar-refractivity contribution in [2.75, 3.05) is 33.9 Å². The van der Waals surface area contributed by atoms with Crippen LogP contribution < -0.4 is 5.32 Å². The Bertz CT molecular complexity index is 575. The van der Waals surface area contributed by atoms with Crippen LogP contribution in [0.5, 0.6) is 0 Å². The molecule has 2 atom stereocenters. The smallest absolute Gasteiger partial charge is 0.0635 e. The summed E-state index contributed by atoms with van der Waals surface area (Å²) in [5, 5.41) is 7.35. The van der Waals surface area contributed by atoms with Crippen LogP contribution in [0, 0.1) is 0 Å². The molecular formula is C17H24N2OS. The van der Waals surface area contributed by atoms with Gasteiger partial charge in [-0.1, -0.05) is 18.2 Å². The molecule has 0 bridgehead atoms. The number of rotatable bonds is 5. The van der Waals surface area contributed by atoms with Gasteiger partial charge >= 0.3 is 0 Å². The molecule has 0 spiro atoms. The predicted octanol–water partition coefficient (Wildman–Crippen LogP) is 2.75. The van der Waals surface area contributed by atoms with E-state index in [9.17, 15) is 0 Å². The number of thiophene rings is 1. The van der Waals surface area contributed by atoms with Crippen LogP contribution in [0.25, 0.3) is 10.1 Å². The summed E-state index contributed by atoms with van der Waals surface area (Å²) in [6, 6.07) is 9.67. The molecule has 0 aliphatic carbocycles. The molecule has 1 saturated heterocycles. The lowest BCUT2D eigenvalue weighted by molar-refractivity contribution is 0.0443. The largest absolute Gasteiger partial charge is 0.378 e. The van der Waals surface area contributed by atoms with E-state index >= 15 is 0 Å². The molecular weight excluding hydrogens is 280 g/mol. The quantitative estimate of drug-likeness (QED) is 0.919. The zero-order valence-corrected chi connectivity index (χ0v) is 13.7. The summed E-state index contributed by atoms with van der Waals surface area (Å²) in [6.07, 6.45) is 2.29. The van der Waals surface area contributed by atoms with Crippen LogP contribution in [0.3, 0.4) is 0 Å². The Morgan fingerprint density at radius 2 is 2.24 bits per heavy atom. The van der Waals surface area contributed by atoms with Gasteiger partial charge in [0.05, 0.1) is 13.2 Å². The molecule has 4 heteroatoms. The lowest BCUT2D eigenvalue weighted by Gasteiger charge is -2.35. The van der Waals surface area contributed by atoms with Crippen molar-refractivity contribution < 1.29 is 4.74 Å². The van der Waals surface area contributed by atoms with Crippen molar-refractivity contribution in [3.8, 4) is 0 Å². The number of hydrogen-bond donors (Lipinski definition) is 1. The average molecular weight is 304 g/mol. The van der Waals surface area contributed by atoms with Crippen molar-refractivity contribution >= 4 is 21.4 Å². The van der Waals surface area contributed by atoms with Crippen molar-refractivity contribution in [1.29, 1.82) is 0 Å². The number of nitrogens with zero attached hydrogens (tertiary/aromatic N) is 1. The van der Waals surface area contributed by atoms with E-state index in [0.717, 1.165) is 32.6 Å². The highest BCUT2D eigenvalue weighted by Crippen LogP contribution is 2.27. The van der Waals surface area contributed by atoms with Gasteiger partial charge in [0.15, 0.2) is 0 Å². The minimum Gasteiger partial charge on any atom is -0.378 e. The second-order valence-corrected chi connectivity index (χ2v) is 6.87. The first-order valence-corrected chi connectivity index (χ1v) is 8.56. The second-order valence-electron chi connectivity index (χ2n) is 5.96. The molecule has 21 heavy (non-hydrogen) atoms. The molecule has 1 aromatic heterocycles. The Morgan fingerprint density at radius 1 is 1.38 bits per heavy atom. The van der Waals surface area contributed by atoms with Crippen LogP contribution in [0.1, 0.15) is 12.0 Å².